The first-order chi connectivity index (χ1) is 15.7. The lowest BCUT2D eigenvalue weighted by atomic mass is 9.88. The van der Waals surface area contributed by atoms with Gasteiger partial charge in [-0.25, -0.2) is 9.18 Å². The molecule has 6 nitrogen and oxygen atoms in total. The Morgan fingerprint density at radius 3 is 2.64 bits per heavy atom. The molecular formula is C24H22ClFN2O4S. The molecule has 2 aromatic carbocycles. The minimum atomic E-state index is -1.03. The van der Waals surface area contributed by atoms with E-state index in [1.165, 1.54) is 23.9 Å². The Balaban J connectivity index is 1.49. The minimum absolute atomic E-state index is 0.0369. The fraction of sp³-hybridized carbons (Fsp3) is 0.333. The number of benzene rings is 2. The SMILES string of the molecule is Cc1c(Sc2cccc(C(=O)O)c2)c2ccc(Cl)c(F)c2n1CC(=O)N1CC(O)(C2CC2)C1. The summed E-state index contributed by atoms with van der Waals surface area (Å²) < 4.78 is 16.8. The average Bonchev–Trinajstić information content (AvgIpc) is 3.58. The molecule has 1 amide bonds. The topological polar surface area (TPSA) is 82.8 Å². The summed E-state index contributed by atoms with van der Waals surface area (Å²) in [5.74, 6) is -1.55. The standard InChI is InChI=1S/C24H22ClFN2O4S/c1-13-22(33-16-4-2-3-14(9-16)23(30)31)17-7-8-18(25)20(26)21(17)28(13)10-19(29)27-11-24(32,12-27)15-5-6-15/h2-4,7-9,15,32H,5-6,10-12H2,1H3,(H,30,31). The van der Waals surface area contributed by atoms with Gasteiger partial charge in [0.15, 0.2) is 5.82 Å². The zero-order chi connectivity index (χ0) is 23.5. The highest BCUT2D eigenvalue weighted by atomic mass is 35.5. The maximum absolute atomic E-state index is 15.1. The number of carbonyl (C=O) groups excluding carboxylic acids is 1. The number of likely N-dealkylation sites (tertiary alicyclic amines) is 1. The summed E-state index contributed by atoms with van der Waals surface area (Å²) in [6, 6.07) is 9.71. The Hall–Kier alpha value is -2.55. The van der Waals surface area contributed by atoms with E-state index in [-0.39, 0.29) is 34.5 Å². The summed E-state index contributed by atoms with van der Waals surface area (Å²) in [6.07, 6.45) is 1.99. The van der Waals surface area contributed by atoms with Crippen LogP contribution in [0.1, 0.15) is 28.9 Å². The molecule has 1 saturated heterocycles. The smallest absolute Gasteiger partial charge is 0.335 e. The lowest BCUT2D eigenvalue weighted by Crippen LogP contribution is -2.65. The molecule has 0 bridgehead atoms. The third-order valence-electron chi connectivity index (χ3n) is 6.53. The molecule has 0 unspecified atom stereocenters. The van der Waals surface area contributed by atoms with Crippen LogP contribution in [0.15, 0.2) is 46.2 Å². The molecule has 1 aromatic heterocycles. The van der Waals surface area contributed by atoms with E-state index < -0.39 is 17.4 Å². The molecule has 33 heavy (non-hydrogen) atoms. The van der Waals surface area contributed by atoms with Crippen molar-refractivity contribution in [3.05, 3.63) is 58.5 Å². The summed E-state index contributed by atoms with van der Waals surface area (Å²) in [6.45, 7) is 2.35. The first-order valence-corrected chi connectivity index (χ1v) is 11.9. The van der Waals surface area contributed by atoms with E-state index >= 15 is 4.39 Å². The van der Waals surface area contributed by atoms with Crippen LogP contribution in [0, 0.1) is 18.7 Å². The van der Waals surface area contributed by atoms with Crippen molar-refractivity contribution in [2.24, 2.45) is 5.92 Å². The highest BCUT2D eigenvalue weighted by molar-refractivity contribution is 7.99. The number of aromatic carboxylic acids is 1. The van der Waals surface area contributed by atoms with Crippen molar-refractivity contribution in [2.45, 2.75) is 41.7 Å². The number of aromatic nitrogens is 1. The Morgan fingerprint density at radius 2 is 1.97 bits per heavy atom. The van der Waals surface area contributed by atoms with Gasteiger partial charge in [-0.05, 0) is 56.0 Å². The maximum Gasteiger partial charge on any atom is 0.335 e. The Bertz CT molecular complexity index is 1300. The monoisotopic (exact) mass is 488 g/mol. The lowest BCUT2D eigenvalue weighted by molar-refractivity contribution is -0.159. The van der Waals surface area contributed by atoms with E-state index in [2.05, 4.69) is 0 Å². The molecule has 0 radical (unpaired) electrons. The normalized spacial score (nSPS) is 17.3. The molecule has 2 N–H and O–H groups in total. The van der Waals surface area contributed by atoms with Crippen LogP contribution >= 0.6 is 23.4 Å². The number of aliphatic hydroxyl groups is 1. The number of carboxylic acid groups (broad SMARTS) is 1. The Morgan fingerprint density at radius 1 is 1.24 bits per heavy atom. The van der Waals surface area contributed by atoms with Gasteiger partial charge < -0.3 is 19.7 Å². The number of rotatable bonds is 6. The molecular weight excluding hydrogens is 467 g/mol. The van der Waals surface area contributed by atoms with E-state index in [4.69, 9.17) is 11.6 Å². The van der Waals surface area contributed by atoms with Crippen molar-refractivity contribution in [1.29, 1.82) is 0 Å². The van der Waals surface area contributed by atoms with E-state index in [0.29, 0.717) is 29.1 Å². The van der Waals surface area contributed by atoms with Gasteiger partial charge in [-0.1, -0.05) is 29.4 Å². The first-order valence-electron chi connectivity index (χ1n) is 10.7. The quantitative estimate of drug-likeness (QED) is 0.531. The van der Waals surface area contributed by atoms with Gasteiger partial charge in [-0.15, -0.1) is 0 Å². The average molecular weight is 489 g/mol. The van der Waals surface area contributed by atoms with Gasteiger partial charge in [0.25, 0.3) is 0 Å². The third kappa shape index (κ3) is 3.90. The van der Waals surface area contributed by atoms with Gasteiger partial charge in [0, 0.05) is 20.9 Å². The maximum atomic E-state index is 15.1. The van der Waals surface area contributed by atoms with Crippen LogP contribution in [0.2, 0.25) is 5.02 Å². The fourth-order valence-electron chi connectivity index (χ4n) is 4.51. The number of fused-ring (bicyclic) bond motifs is 1. The second-order valence-electron chi connectivity index (χ2n) is 8.82. The van der Waals surface area contributed by atoms with Crippen molar-refractivity contribution in [3.63, 3.8) is 0 Å². The number of carbonyl (C=O) groups is 2. The molecule has 0 spiro atoms. The van der Waals surface area contributed by atoms with Gasteiger partial charge in [0.2, 0.25) is 5.91 Å². The van der Waals surface area contributed by atoms with Crippen molar-refractivity contribution < 1.29 is 24.2 Å². The number of hydrogen-bond donors (Lipinski definition) is 2. The molecule has 1 aliphatic heterocycles. The molecule has 9 heteroatoms. The van der Waals surface area contributed by atoms with Crippen molar-refractivity contribution in [1.82, 2.24) is 9.47 Å². The molecule has 2 aliphatic rings. The molecule has 5 rings (SSSR count). The van der Waals surface area contributed by atoms with E-state index in [1.807, 2.05) is 0 Å². The van der Waals surface area contributed by atoms with Crippen LogP contribution in [-0.4, -0.2) is 50.2 Å². The summed E-state index contributed by atoms with van der Waals surface area (Å²) >= 11 is 7.38. The van der Waals surface area contributed by atoms with Crippen LogP contribution in [-0.2, 0) is 11.3 Å². The largest absolute Gasteiger partial charge is 0.478 e. The lowest BCUT2D eigenvalue weighted by Gasteiger charge is -2.47. The van der Waals surface area contributed by atoms with Crippen LogP contribution < -0.4 is 0 Å². The predicted molar refractivity (Wildman–Crippen MR) is 123 cm³/mol. The molecule has 1 saturated carbocycles. The summed E-state index contributed by atoms with van der Waals surface area (Å²) in [4.78, 5) is 27.3. The van der Waals surface area contributed by atoms with Crippen molar-refractivity contribution in [3.8, 4) is 0 Å². The van der Waals surface area contributed by atoms with Gasteiger partial charge in [-0.3, -0.25) is 4.79 Å². The molecule has 1 aliphatic carbocycles. The van der Waals surface area contributed by atoms with E-state index in [1.54, 1.807) is 40.7 Å². The molecule has 0 atom stereocenters. The van der Waals surface area contributed by atoms with Gasteiger partial charge >= 0.3 is 5.97 Å². The number of nitrogens with zero attached hydrogens (tertiary/aromatic N) is 2. The summed E-state index contributed by atoms with van der Waals surface area (Å²) in [5, 5.41) is 20.4. The van der Waals surface area contributed by atoms with E-state index in [0.717, 1.165) is 17.7 Å². The predicted octanol–water partition coefficient (Wildman–Crippen LogP) is 4.57. The van der Waals surface area contributed by atoms with Crippen molar-refractivity contribution in [2.75, 3.05) is 13.1 Å². The number of β-amino-alcohol motifs (C(OH)–C–C–N with tert-alkyl or cyclic N) is 1. The van der Waals surface area contributed by atoms with Crippen molar-refractivity contribution >= 4 is 46.1 Å². The second kappa shape index (κ2) is 8.04. The molecule has 2 fully saturated rings. The second-order valence-corrected chi connectivity index (χ2v) is 10.3. The Labute approximate surface area is 198 Å². The fourth-order valence-corrected chi connectivity index (χ4v) is 5.77. The molecule has 2 heterocycles. The third-order valence-corrected chi connectivity index (χ3v) is 8.03. The van der Waals surface area contributed by atoms with Crippen LogP contribution in [0.25, 0.3) is 10.9 Å². The number of hydrogen-bond acceptors (Lipinski definition) is 4. The van der Waals surface area contributed by atoms with Gasteiger partial charge in [0.05, 0.1) is 29.2 Å². The Kier molecular flexibility index (Phi) is 5.42. The zero-order valence-corrected chi connectivity index (χ0v) is 19.4. The zero-order valence-electron chi connectivity index (χ0n) is 17.8. The van der Waals surface area contributed by atoms with Crippen LogP contribution in [0.5, 0.6) is 0 Å². The highest BCUT2D eigenvalue weighted by Crippen LogP contribution is 2.45. The number of carboxylic acids is 1. The van der Waals surface area contributed by atoms with E-state index in [9.17, 15) is 19.8 Å². The number of halogens is 2. The molecule has 172 valence electrons. The minimum Gasteiger partial charge on any atom is -0.478 e. The van der Waals surface area contributed by atoms with Gasteiger partial charge in [-0.2, -0.15) is 0 Å². The summed E-state index contributed by atoms with van der Waals surface area (Å²) in [5.41, 5.74) is 0.298. The van der Waals surface area contributed by atoms with Crippen LogP contribution in [0.4, 0.5) is 4.39 Å². The highest BCUT2D eigenvalue weighted by Gasteiger charge is 2.53. The van der Waals surface area contributed by atoms with Gasteiger partial charge in [0.1, 0.15) is 12.1 Å². The summed E-state index contributed by atoms with van der Waals surface area (Å²) in [7, 11) is 0. The number of amides is 1. The first kappa shape index (κ1) is 22.3. The molecule has 3 aromatic rings. The van der Waals surface area contributed by atoms with Crippen LogP contribution in [0.3, 0.4) is 0 Å².